The molecule has 0 aromatic carbocycles. The highest BCUT2D eigenvalue weighted by Crippen LogP contribution is 2.17. The van der Waals surface area contributed by atoms with Crippen molar-refractivity contribution in [2.45, 2.75) is 18.8 Å². The average Bonchev–Trinajstić information content (AvgIpc) is 2.47. The van der Waals surface area contributed by atoms with Crippen molar-refractivity contribution in [3.8, 4) is 5.88 Å². The molecule has 24 heavy (non-hydrogen) atoms. The van der Waals surface area contributed by atoms with Gasteiger partial charge in [0.15, 0.2) is 6.61 Å². The third-order valence-electron chi connectivity index (χ3n) is 2.40. The van der Waals surface area contributed by atoms with Gasteiger partial charge in [-0.3, -0.25) is 4.79 Å². The third-order valence-corrected chi connectivity index (χ3v) is 2.40. The summed E-state index contributed by atoms with van der Waals surface area (Å²) < 4.78 is 80.0. The SMILES string of the molecule is O=C(NCCCOCC(F)(F)F)c1ccc(OCC(F)(F)F)nc1. The number of pyridine rings is 1. The summed E-state index contributed by atoms with van der Waals surface area (Å²) in [5, 5.41) is 2.41. The van der Waals surface area contributed by atoms with Crippen LogP contribution in [0.2, 0.25) is 0 Å². The number of nitrogens with one attached hydrogen (secondary N) is 1. The summed E-state index contributed by atoms with van der Waals surface area (Å²) in [7, 11) is 0. The fourth-order valence-electron chi connectivity index (χ4n) is 1.42. The first kappa shape index (κ1) is 20.0. The second-order valence-corrected chi connectivity index (χ2v) is 4.57. The van der Waals surface area contributed by atoms with Crippen LogP contribution in [0.5, 0.6) is 5.88 Å². The van der Waals surface area contributed by atoms with Crippen molar-refractivity contribution < 1.29 is 40.6 Å². The molecule has 0 spiro atoms. The Morgan fingerprint density at radius 1 is 1.08 bits per heavy atom. The Balaban J connectivity index is 2.28. The number of halogens is 6. The lowest BCUT2D eigenvalue weighted by Crippen LogP contribution is -2.26. The molecule has 5 nitrogen and oxygen atoms in total. The Bertz CT molecular complexity index is 516. The van der Waals surface area contributed by atoms with Crippen molar-refractivity contribution in [3.63, 3.8) is 0 Å². The highest BCUT2D eigenvalue weighted by atomic mass is 19.4. The minimum Gasteiger partial charge on any atom is -0.468 e. The monoisotopic (exact) mass is 360 g/mol. The van der Waals surface area contributed by atoms with Crippen LogP contribution in [0, 0.1) is 0 Å². The molecule has 0 aliphatic heterocycles. The Labute approximate surface area is 133 Å². The van der Waals surface area contributed by atoms with Crippen molar-refractivity contribution in [1.29, 1.82) is 0 Å². The van der Waals surface area contributed by atoms with Crippen molar-refractivity contribution >= 4 is 5.91 Å². The molecular formula is C13H14F6N2O3. The van der Waals surface area contributed by atoms with Gasteiger partial charge < -0.3 is 14.8 Å². The van der Waals surface area contributed by atoms with E-state index in [2.05, 4.69) is 19.8 Å². The van der Waals surface area contributed by atoms with Crippen LogP contribution in [0.1, 0.15) is 16.8 Å². The Kier molecular flexibility index (Phi) is 7.26. The smallest absolute Gasteiger partial charge is 0.422 e. The molecule has 0 unspecified atom stereocenters. The van der Waals surface area contributed by atoms with E-state index < -0.39 is 31.5 Å². The molecule has 0 saturated carbocycles. The normalized spacial score (nSPS) is 12.1. The maximum absolute atomic E-state index is 12.0. The molecule has 1 aromatic heterocycles. The van der Waals surface area contributed by atoms with Crippen LogP contribution in [0.25, 0.3) is 0 Å². The van der Waals surface area contributed by atoms with E-state index in [-0.39, 0.29) is 31.0 Å². The quantitative estimate of drug-likeness (QED) is 0.572. The van der Waals surface area contributed by atoms with Gasteiger partial charge in [-0.25, -0.2) is 4.98 Å². The standard InChI is InChI=1S/C13H14F6N2O3/c14-12(15,16)7-23-5-1-4-20-11(22)9-2-3-10(21-6-9)24-8-13(17,18)19/h2-3,6H,1,4-5,7-8H2,(H,20,22). The molecule has 1 heterocycles. The van der Waals surface area contributed by atoms with Crippen molar-refractivity contribution in [2.24, 2.45) is 0 Å². The lowest BCUT2D eigenvalue weighted by molar-refractivity contribution is -0.173. The highest BCUT2D eigenvalue weighted by Gasteiger charge is 2.28. The van der Waals surface area contributed by atoms with Gasteiger partial charge in [-0.2, -0.15) is 26.3 Å². The zero-order valence-electron chi connectivity index (χ0n) is 12.2. The lowest BCUT2D eigenvalue weighted by atomic mass is 10.2. The molecule has 1 rings (SSSR count). The van der Waals surface area contributed by atoms with Crippen LogP contribution in [0.3, 0.4) is 0 Å². The molecule has 0 saturated heterocycles. The Morgan fingerprint density at radius 3 is 2.29 bits per heavy atom. The zero-order chi connectivity index (χ0) is 18.2. The third kappa shape index (κ3) is 9.18. The van der Waals surface area contributed by atoms with Crippen LogP contribution in [0.15, 0.2) is 18.3 Å². The number of carbonyl (C=O) groups excluding carboxylic acids is 1. The maximum atomic E-state index is 12.0. The summed E-state index contributed by atoms with van der Waals surface area (Å²) >= 11 is 0. The fraction of sp³-hybridized carbons (Fsp3) is 0.538. The van der Waals surface area contributed by atoms with Crippen LogP contribution in [-0.2, 0) is 4.74 Å². The summed E-state index contributed by atoms with van der Waals surface area (Å²) in [5.74, 6) is -0.856. The Hall–Kier alpha value is -2.04. The molecule has 0 radical (unpaired) electrons. The van der Waals surface area contributed by atoms with Gasteiger partial charge in [0.1, 0.15) is 6.61 Å². The van der Waals surface area contributed by atoms with E-state index in [4.69, 9.17) is 0 Å². The fourth-order valence-corrected chi connectivity index (χ4v) is 1.42. The number of hydrogen-bond donors (Lipinski definition) is 1. The Morgan fingerprint density at radius 2 is 1.75 bits per heavy atom. The minimum atomic E-state index is -4.49. The topological polar surface area (TPSA) is 60.5 Å². The molecule has 0 aliphatic rings. The van der Waals surface area contributed by atoms with E-state index in [1.54, 1.807) is 0 Å². The first-order chi connectivity index (χ1) is 11.1. The molecule has 11 heteroatoms. The zero-order valence-corrected chi connectivity index (χ0v) is 12.2. The average molecular weight is 360 g/mol. The van der Waals surface area contributed by atoms with Crippen molar-refractivity contribution in [2.75, 3.05) is 26.4 Å². The molecule has 1 amide bonds. The van der Waals surface area contributed by atoms with Crippen molar-refractivity contribution in [1.82, 2.24) is 10.3 Å². The number of carbonyl (C=O) groups is 1. The van der Waals surface area contributed by atoms with E-state index >= 15 is 0 Å². The molecule has 0 fully saturated rings. The largest absolute Gasteiger partial charge is 0.468 e. The van der Waals surface area contributed by atoms with Crippen LogP contribution in [-0.4, -0.2) is 49.6 Å². The number of alkyl halides is 6. The lowest BCUT2D eigenvalue weighted by Gasteiger charge is -2.09. The van der Waals surface area contributed by atoms with Gasteiger partial charge in [0.2, 0.25) is 5.88 Å². The molecule has 1 N–H and O–H groups in total. The van der Waals surface area contributed by atoms with E-state index in [1.165, 1.54) is 6.07 Å². The van der Waals surface area contributed by atoms with E-state index in [1.807, 2.05) is 0 Å². The molecule has 136 valence electrons. The molecular weight excluding hydrogens is 346 g/mol. The first-order valence-electron chi connectivity index (χ1n) is 6.65. The number of amides is 1. The predicted octanol–water partition coefficient (Wildman–Crippen LogP) is 2.72. The predicted molar refractivity (Wildman–Crippen MR) is 69.6 cm³/mol. The molecule has 0 aliphatic carbocycles. The van der Waals surface area contributed by atoms with Gasteiger partial charge in [0.05, 0.1) is 5.56 Å². The minimum absolute atomic E-state index is 0.0724. The molecule has 1 aromatic rings. The van der Waals surface area contributed by atoms with E-state index in [0.717, 1.165) is 12.3 Å². The van der Waals surface area contributed by atoms with Crippen LogP contribution in [0.4, 0.5) is 26.3 Å². The number of rotatable bonds is 8. The van der Waals surface area contributed by atoms with Gasteiger partial charge in [0.25, 0.3) is 5.91 Å². The van der Waals surface area contributed by atoms with Crippen LogP contribution < -0.4 is 10.1 Å². The summed E-state index contributed by atoms with van der Waals surface area (Å²) in [4.78, 5) is 15.2. The van der Waals surface area contributed by atoms with Gasteiger partial charge in [-0.1, -0.05) is 0 Å². The second kappa shape index (κ2) is 8.71. The van der Waals surface area contributed by atoms with Crippen molar-refractivity contribution in [3.05, 3.63) is 23.9 Å². The number of nitrogens with zero attached hydrogens (tertiary/aromatic N) is 1. The number of hydrogen-bond acceptors (Lipinski definition) is 4. The molecule has 0 atom stereocenters. The second-order valence-electron chi connectivity index (χ2n) is 4.57. The summed E-state index contributed by atoms with van der Waals surface area (Å²) in [6.07, 6.45) is -7.69. The van der Waals surface area contributed by atoms with E-state index in [9.17, 15) is 31.1 Å². The summed E-state index contributed by atoms with van der Waals surface area (Å²) in [5.41, 5.74) is 0.0746. The summed E-state index contributed by atoms with van der Waals surface area (Å²) in [6.45, 7) is -2.96. The van der Waals surface area contributed by atoms with Gasteiger partial charge in [0, 0.05) is 25.4 Å². The highest BCUT2D eigenvalue weighted by molar-refractivity contribution is 5.93. The first-order valence-corrected chi connectivity index (χ1v) is 6.65. The van der Waals surface area contributed by atoms with Gasteiger partial charge in [-0.05, 0) is 12.5 Å². The number of aromatic nitrogens is 1. The number of ether oxygens (including phenoxy) is 2. The van der Waals surface area contributed by atoms with Gasteiger partial charge >= 0.3 is 12.4 Å². The van der Waals surface area contributed by atoms with Crippen LogP contribution >= 0.6 is 0 Å². The maximum Gasteiger partial charge on any atom is 0.422 e. The van der Waals surface area contributed by atoms with E-state index in [0.29, 0.717) is 0 Å². The van der Waals surface area contributed by atoms with Gasteiger partial charge in [-0.15, -0.1) is 0 Å². The summed E-state index contributed by atoms with van der Waals surface area (Å²) in [6, 6.07) is 2.32. The molecule has 0 bridgehead atoms.